The Morgan fingerprint density at radius 3 is 2.26 bits per heavy atom. The maximum atomic E-state index is 12.1. The minimum atomic E-state index is -0.549. The van der Waals surface area contributed by atoms with Crippen LogP contribution < -0.4 is 0 Å². The van der Waals surface area contributed by atoms with Crippen molar-refractivity contribution in [3.63, 3.8) is 0 Å². The molecule has 0 aliphatic heterocycles. The molecule has 0 aromatic heterocycles. The first-order valence-electron chi connectivity index (χ1n) is 13.9. The summed E-state index contributed by atoms with van der Waals surface area (Å²) in [6.45, 7) is 14.0. The summed E-state index contributed by atoms with van der Waals surface area (Å²) in [6.07, 6.45) is 10.9. The Labute approximate surface area is 206 Å². The van der Waals surface area contributed by atoms with Gasteiger partial charge in [-0.2, -0.15) is 0 Å². The summed E-state index contributed by atoms with van der Waals surface area (Å²) in [7, 11) is 0. The molecule has 0 heterocycles. The van der Waals surface area contributed by atoms with Crippen LogP contribution in [0.15, 0.2) is 11.6 Å². The maximum absolute atomic E-state index is 12.1. The molecule has 0 saturated heterocycles. The number of rotatable bonds is 2. The molecule has 10 atom stereocenters. The highest BCUT2D eigenvalue weighted by Gasteiger charge is 2.69. The number of aldehydes is 1. The van der Waals surface area contributed by atoms with Crippen molar-refractivity contribution >= 4 is 6.29 Å². The molecular weight excluding hydrogens is 424 g/mol. The first-order valence-corrected chi connectivity index (χ1v) is 13.9. The Kier molecular flexibility index (Phi) is 5.44. The maximum Gasteiger partial charge on any atom is 0.125 e. The standard InChI is InChI=1S/C30H48O4/c1-25(2)21-9-12-28(5)22(27(21,4)11-10-23(25)33)8-7-19-20-15-26(3,17-31)13-14-30(20,18-32)24(34)16-29(19,28)6/h7,17,20-24,32-34H,8-16,18H2,1-6H3. The molecule has 5 aliphatic carbocycles. The molecule has 192 valence electrons. The Morgan fingerprint density at radius 1 is 0.912 bits per heavy atom. The first kappa shape index (κ1) is 25.0. The molecule has 0 spiro atoms. The van der Waals surface area contributed by atoms with Crippen LogP contribution in [0.25, 0.3) is 0 Å². The van der Waals surface area contributed by atoms with Gasteiger partial charge in [0.1, 0.15) is 6.29 Å². The number of aliphatic hydroxyl groups is 3. The van der Waals surface area contributed by atoms with Crippen LogP contribution in [0.4, 0.5) is 0 Å². The van der Waals surface area contributed by atoms with Gasteiger partial charge in [-0.3, -0.25) is 0 Å². The molecule has 0 radical (unpaired) electrons. The molecule has 34 heavy (non-hydrogen) atoms. The largest absolute Gasteiger partial charge is 0.396 e. The lowest BCUT2D eigenvalue weighted by Crippen LogP contribution is -2.67. The highest BCUT2D eigenvalue weighted by molar-refractivity contribution is 5.59. The van der Waals surface area contributed by atoms with E-state index in [1.54, 1.807) is 0 Å². The quantitative estimate of drug-likeness (QED) is 0.377. The predicted octanol–water partition coefficient (Wildman–Crippen LogP) is 5.29. The zero-order valence-electron chi connectivity index (χ0n) is 22.4. The summed E-state index contributed by atoms with van der Waals surface area (Å²) in [6, 6.07) is 0. The second-order valence-electron chi connectivity index (χ2n) is 14.8. The zero-order chi connectivity index (χ0) is 24.9. The van der Waals surface area contributed by atoms with Crippen molar-refractivity contribution in [2.24, 2.45) is 50.2 Å². The number of hydrogen-bond donors (Lipinski definition) is 3. The molecule has 5 rings (SSSR count). The summed E-state index contributed by atoms with van der Waals surface area (Å²) in [4.78, 5) is 12.1. The van der Waals surface area contributed by atoms with Gasteiger partial charge >= 0.3 is 0 Å². The van der Waals surface area contributed by atoms with E-state index in [9.17, 15) is 20.1 Å². The number of carbonyl (C=O) groups excluding carboxylic acids is 1. The van der Waals surface area contributed by atoms with Crippen molar-refractivity contribution in [1.82, 2.24) is 0 Å². The highest BCUT2D eigenvalue weighted by Crippen LogP contribution is 2.75. The molecule has 4 saturated carbocycles. The second kappa shape index (κ2) is 7.42. The van der Waals surface area contributed by atoms with Crippen LogP contribution in [0, 0.1) is 50.2 Å². The van der Waals surface area contributed by atoms with Gasteiger partial charge < -0.3 is 20.1 Å². The van der Waals surface area contributed by atoms with Gasteiger partial charge in [0.2, 0.25) is 0 Å². The normalized spacial score (nSPS) is 56.3. The summed E-state index contributed by atoms with van der Waals surface area (Å²) in [5.74, 6) is 1.07. The average Bonchev–Trinajstić information content (AvgIpc) is 2.77. The fourth-order valence-electron chi connectivity index (χ4n) is 10.7. The van der Waals surface area contributed by atoms with Gasteiger partial charge in [-0.05, 0) is 97.2 Å². The average molecular weight is 473 g/mol. The van der Waals surface area contributed by atoms with Crippen LogP contribution in [0.3, 0.4) is 0 Å². The summed E-state index contributed by atoms with van der Waals surface area (Å²) >= 11 is 0. The molecule has 0 amide bonds. The van der Waals surface area contributed by atoms with Gasteiger partial charge in [0.05, 0.1) is 18.8 Å². The fourth-order valence-corrected chi connectivity index (χ4v) is 10.7. The lowest BCUT2D eigenvalue weighted by atomic mass is 9.33. The summed E-state index contributed by atoms with van der Waals surface area (Å²) in [5, 5.41) is 33.2. The van der Waals surface area contributed by atoms with Gasteiger partial charge in [0.25, 0.3) is 0 Å². The molecule has 4 heteroatoms. The Hall–Kier alpha value is -0.710. The Bertz CT molecular complexity index is 894. The van der Waals surface area contributed by atoms with Crippen molar-refractivity contribution in [3.05, 3.63) is 11.6 Å². The van der Waals surface area contributed by atoms with E-state index < -0.39 is 11.5 Å². The van der Waals surface area contributed by atoms with Crippen molar-refractivity contribution in [2.75, 3.05) is 6.61 Å². The van der Waals surface area contributed by atoms with Gasteiger partial charge in [0.15, 0.2) is 0 Å². The molecule has 10 unspecified atom stereocenters. The van der Waals surface area contributed by atoms with Crippen LogP contribution in [-0.4, -0.2) is 40.4 Å². The molecule has 3 N–H and O–H groups in total. The zero-order valence-corrected chi connectivity index (χ0v) is 22.4. The van der Waals surface area contributed by atoms with E-state index in [1.165, 1.54) is 5.57 Å². The van der Waals surface area contributed by atoms with E-state index in [2.05, 4.69) is 47.6 Å². The SMILES string of the molecule is CC1(C=O)CCC2(CO)C(O)CC3(C)C(=CCC4C5(C)CCC(O)C(C)(C)C5CCC43C)C2C1. The molecule has 0 bridgehead atoms. The van der Waals surface area contributed by atoms with Crippen LogP contribution in [0.2, 0.25) is 0 Å². The Morgan fingerprint density at radius 2 is 1.62 bits per heavy atom. The number of allylic oxidation sites excluding steroid dienone is 2. The molecule has 0 aromatic rings. The topological polar surface area (TPSA) is 77.8 Å². The van der Waals surface area contributed by atoms with Crippen LogP contribution in [-0.2, 0) is 4.79 Å². The van der Waals surface area contributed by atoms with E-state index in [4.69, 9.17) is 0 Å². The lowest BCUT2D eigenvalue weighted by molar-refractivity contribution is -0.218. The van der Waals surface area contributed by atoms with Gasteiger partial charge in [-0.25, -0.2) is 0 Å². The summed E-state index contributed by atoms with van der Waals surface area (Å²) in [5.41, 5.74) is 0.526. The van der Waals surface area contributed by atoms with Crippen molar-refractivity contribution in [3.8, 4) is 0 Å². The van der Waals surface area contributed by atoms with E-state index in [1.807, 2.05) is 0 Å². The molecule has 0 aromatic carbocycles. The molecule has 4 nitrogen and oxygen atoms in total. The van der Waals surface area contributed by atoms with E-state index in [-0.39, 0.29) is 45.7 Å². The second-order valence-corrected chi connectivity index (χ2v) is 14.8. The lowest BCUT2D eigenvalue weighted by Gasteiger charge is -2.72. The van der Waals surface area contributed by atoms with Gasteiger partial charge in [-0.15, -0.1) is 0 Å². The van der Waals surface area contributed by atoms with Crippen molar-refractivity contribution in [2.45, 2.75) is 112 Å². The van der Waals surface area contributed by atoms with Crippen molar-refractivity contribution in [1.29, 1.82) is 0 Å². The minimum absolute atomic E-state index is 0.00675. The minimum Gasteiger partial charge on any atom is -0.396 e. The smallest absolute Gasteiger partial charge is 0.125 e. The highest BCUT2D eigenvalue weighted by atomic mass is 16.3. The third-order valence-electron chi connectivity index (χ3n) is 13.2. The number of carbonyl (C=O) groups is 1. The van der Waals surface area contributed by atoms with Crippen LogP contribution >= 0.6 is 0 Å². The van der Waals surface area contributed by atoms with Crippen LogP contribution in [0.5, 0.6) is 0 Å². The number of aliphatic hydroxyl groups excluding tert-OH is 3. The molecule has 5 aliphatic rings. The third kappa shape index (κ3) is 2.85. The van der Waals surface area contributed by atoms with Gasteiger partial charge in [0, 0.05) is 10.8 Å². The number of hydrogen-bond acceptors (Lipinski definition) is 4. The van der Waals surface area contributed by atoms with E-state index in [0.29, 0.717) is 24.7 Å². The first-order chi connectivity index (χ1) is 15.7. The van der Waals surface area contributed by atoms with E-state index >= 15 is 0 Å². The summed E-state index contributed by atoms with van der Waals surface area (Å²) < 4.78 is 0. The van der Waals surface area contributed by atoms with Crippen LogP contribution in [0.1, 0.15) is 99.3 Å². The third-order valence-corrected chi connectivity index (χ3v) is 13.2. The Balaban J connectivity index is 1.61. The van der Waals surface area contributed by atoms with Crippen molar-refractivity contribution < 1.29 is 20.1 Å². The predicted molar refractivity (Wildman–Crippen MR) is 134 cm³/mol. The monoisotopic (exact) mass is 472 g/mol. The van der Waals surface area contributed by atoms with E-state index in [0.717, 1.165) is 51.2 Å². The van der Waals surface area contributed by atoms with Gasteiger partial charge in [-0.1, -0.05) is 53.2 Å². The molecule has 4 fully saturated rings. The molecular formula is C30H48O4. The number of fused-ring (bicyclic) bond motifs is 7. The fraction of sp³-hybridized carbons (Fsp3) is 0.900.